The summed E-state index contributed by atoms with van der Waals surface area (Å²) in [6.07, 6.45) is 0. The Morgan fingerprint density at radius 3 is 2.53 bits per heavy atom. The van der Waals surface area contributed by atoms with Crippen LogP contribution in [0.2, 0.25) is 0 Å². The molecule has 4 heteroatoms. The van der Waals surface area contributed by atoms with Crippen LogP contribution in [0, 0.1) is 6.92 Å². The van der Waals surface area contributed by atoms with Gasteiger partial charge in [0.15, 0.2) is 0 Å². The largest absolute Gasteiger partial charge is 0.508 e. The van der Waals surface area contributed by atoms with Crippen molar-refractivity contribution in [1.82, 2.24) is 10.2 Å². The van der Waals surface area contributed by atoms with Gasteiger partial charge in [-0.1, -0.05) is 12.1 Å². The first kappa shape index (κ1) is 15.5. The molecule has 19 heavy (non-hydrogen) atoms. The summed E-state index contributed by atoms with van der Waals surface area (Å²) < 4.78 is 0. The molecule has 1 aromatic carbocycles. The van der Waals surface area contributed by atoms with Crippen LogP contribution in [0.3, 0.4) is 0 Å². The van der Waals surface area contributed by atoms with E-state index in [1.54, 1.807) is 11.0 Å². The highest BCUT2D eigenvalue weighted by Gasteiger charge is 2.14. The molecule has 0 aliphatic carbocycles. The van der Waals surface area contributed by atoms with Gasteiger partial charge in [-0.15, -0.1) is 0 Å². The van der Waals surface area contributed by atoms with Crippen LogP contribution in [0.25, 0.3) is 0 Å². The van der Waals surface area contributed by atoms with Crippen LogP contribution in [0.5, 0.6) is 5.75 Å². The van der Waals surface area contributed by atoms with Gasteiger partial charge in [-0.3, -0.25) is 4.79 Å². The topological polar surface area (TPSA) is 52.6 Å². The van der Waals surface area contributed by atoms with E-state index in [1.165, 1.54) is 0 Å². The van der Waals surface area contributed by atoms with E-state index in [4.69, 9.17) is 0 Å². The van der Waals surface area contributed by atoms with Crippen molar-refractivity contribution in [3.63, 3.8) is 0 Å². The fourth-order valence-electron chi connectivity index (χ4n) is 2.06. The predicted octanol–water partition coefficient (Wildman–Crippen LogP) is 2.22. The third-order valence-corrected chi connectivity index (χ3v) is 3.33. The lowest BCUT2D eigenvalue weighted by Crippen LogP contribution is -2.38. The highest BCUT2D eigenvalue weighted by molar-refractivity contribution is 5.78. The van der Waals surface area contributed by atoms with Crippen LogP contribution in [0.4, 0.5) is 0 Å². The molecule has 0 saturated heterocycles. The highest BCUT2D eigenvalue weighted by atomic mass is 16.3. The zero-order valence-corrected chi connectivity index (χ0v) is 12.2. The van der Waals surface area contributed by atoms with Gasteiger partial charge in [0.25, 0.3) is 0 Å². The van der Waals surface area contributed by atoms with E-state index in [0.717, 1.165) is 24.2 Å². The number of nitrogens with zero attached hydrogens (tertiary/aromatic N) is 1. The Kier molecular flexibility index (Phi) is 5.83. The highest BCUT2D eigenvalue weighted by Crippen LogP contribution is 2.24. The first-order valence-corrected chi connectivity index (χ1v) is 6.80. The number of benzene rings is 1. The predicted molar refractivity (Wildman–Crippen MR) is 77.2 cm³/mol. The number of carbonyl (C=O) groups excluding carboxylic acids is 1. The number of hydrogen-bond acceptors (Lipinski definition) is 3. The van der Waals surface area contributed by atoms with E-state index in [-0.39, 0.29) is 24.2 Å². The van der Waals surface area contributed by atoms with Gasteiger partial charge in [-0.25, -0.2) is 0 Å². The average Bonchev–Trinajstić information content (AvgIpc) is 2.37. The Morgan fingerprint density at radius 1 is 1.37 bits per heavy atom. The van der Waals surface area contributed by atoms with Crippen molar-refractivity contribution in [3.05, 3.63) is 29.3 Å². The van der Waals surface area contributed by atoms with Gasteiger partial charge in [0, 0.05) is 24.7 Å². The van der Waals surface area contributed by atoms with Crippen molar-refractivity contribution in [1.29, 1.82) is 0 Å². The Hall–Kier alpha value is -1.55. The molecular formula is C15H24N2O2. The molecule has 0 fully saturated rings. The van der Waals surface area contributed by atoms with Gasteiger partial charge >= 0.3 is 0 Å². The van der Waals surface area contributed by atoms with Gasteiger partial charge in [0.05, 0.1) is 6.54 Å². The molecule has 1 aromatic rings. The third-order valence-electron chi connectivity index (χ3n) is 3.33. The third kappa shape index (κ3) is 4.24. The lowest BCUT2D eigenvalue weighted by molar-refractivity contribution is -0.129. The van der Waals surface area contributed by atoms with E-state index in [0.29, 0.717) is 0 Å². The van der Waals surface area contributed by atoms with Crippen LogP contribution < -0.4 is 5.32 Å². The minimum absolute atomic E-state index is 0.0555. The zero-order chi connectivity index (χ0) is 14.4. The number of aryl methyl sites for hydroxylation is 1. The summed E-state index contributed by atoms with van der Waals surface area (Å²) in [6, 6.07) is 5.53. The second kappa shape index (κ2) is 7.14. The van der Waals surface area contributed by atoms with Crippen molar-refractivity contribution in [2.75, 3.05) is 19.6 Å². The molecule has 4 nitrogen and oxygen atoms in total. The van der Waals surface area contributed by atoms with Gasteiger partial charge in [-0.2, -0.15) is 0 Å². The number of hydrogen-bond donors (Lipinski definition) is 2. The molecule has 0 aliphatic heterocycles. The van der Waals surface area contributed by atoms with E-state index >= 15 is 0 Å². The smallest absolute Gasteiger partial charge is 0.236 e. The molecule has 0 spiro atoms. The van der Waals surface area contributed by atoms with Gasteiger partial charge in [-0.05, 0) is 39.3 Å². The van der Waals surface area contributed by atoms with E-state index in [9.17, 15) is 9.90 Å². The van der Waals surface area contributed by atoms with E-state index < -0.39 is 0 Å². The summed E-state index contributed by atoms with van der Waals surface area (Å²) in [7, 11) is 0. The summed E-state index contributed by atoms with van der Waals surface area (Å²) >= 11 is 0. The summed E-state index contributed by atoms with van der Waals surface area (Å²) in [6.45, 7) is 9.55. The van der Waals surface area contributed by atoms with Crippen molar-refractivity contribution in [2.45, 2.75) is 33.7 Å². The van der Waals surface area contributed by atoms with Crippen LogP contribution in [0.1, 0.15) is 37.9 Å². The number of nitrogens with one attached hydrogen (secondary N) is 1. The SMILES string of the molecule is CCN(CC)C(=O)CNC(C)c1ccc(C)cc1O. The average molecular weight is 264 g/mol. The second-order valence-electron chi connectivity index (χ2n) is 4.73. The minimum Gasteiger partial charge on any atom is -0.508 e. The first-order valence-electron chi connectivity index (χ1n) is 6.80. The number of amides is 1. The number of phenolic OH excluding ortho intramolecular Hbond substituents is 1. The molecular weight excluding hydrogens is 240 g/mol. The normalized spacial score (nSPS) is 12.2. The van der Waals surface area contributed by atoms with Gasteiger partial charge < -0.3 is 15.3 Å². The molecule has 0 heterocycles. The number of aromatic hydroxyl groups is 1. The molecule has 2 N–H and O–H groups in total. The summed E-state index contributed by atoms with van der Waals surface area (Å²) in [5, 5.41) is 13.1. The Labute approximate surface area is 115 Å². The maximum absolute atomic E-state index is 11.9. The summed E-state index contributed by atoms with van der Waals surface area (Å²) in [4.78, 5) is 13.7. The molecule has 0 bridgehead atoms. The fraction of sp³-hybridized carbons (Fsp3) is 0.533. The van der Waals surface area contributed by atoms with Crippen molar-refractivity contribution in [3.8, 4) is 5.75 Å². The lowest BCUT2D eigenvalue weighted by Gasteiger charge is -2.21. The number of carbonyl (C=O) groups is 1. The quantitative estimate of drug-likeness (QED) is 0.828. The van der Waals surface area contributed by atoms with Gasteiger partial charge in [0.1, 0.15) is 5.75 Å². The lowest BCUT2D eigenvalue weighted by atomic mass is 10.1. The molecule has 0 aliphatic rings. The summed E-state index contributed by atoms with van der Waals surface area (Å²) in [5.41, 5.74) is 1.84. The van der Waals surface area contributed by atoms with Crippen molar-refractivity contribution < 1.29 is 9.90 Å². The van der Waals surface area contributed by atoms with Crippen molar-refractivity contribution >= 4 is 5.91 Å². The number of phenols is 1. The minimum atomic E-state index is -0.0555. The number of rotatable bonds is 6. The van der Waals surface area contributed by atoms with Crippen LogP contribution >= 0.6 is 0 Å². The van der Waals surface area contributed by atoms with E-state index in [1.807, 2.05) is 39.8 Å². The fourth-order valence-corrected chi connectivity index (χ4v) is 2.06. The molecule has 1 rings (SSSR count). The first-order chi connectivity index (χ1) is 8.99. The second-order valence-corrected chi connectivity index (χ2v) is 4.73. The summed E-state index contributed by atoms with van der Waals surface area (Å²) in [5.74, 6) is 0.360. The monoisotopic (exact) mass is 264 g/mol. The Bertz CT molecular complexity index is 428. The molecule has 106 valence electrons. The maximum Gasteiger partial charge on any atom is 0.236 e. The van der Waals surface area contributed by atoms with Crippen LogP contribution in [0.15, 0.2) is 18.2 Å². The van der Waals surface area contributed by atoms with Crippen molar-refractivity contribution in [2.24, 2.45) is 0 Å². The molecule has 0 aromatic heterocycles. The standard InChI is InChI=1S/C15H24N2O2/c1-5-17(6-2)15(19)10-16-12(4)13-8-7-11(3)9-14(13)18/h7-9,12,16,18H,5-6,10H2,1-4H3. The zero-order valence-electron chi connectivity index (χ0n) is 12.2. The molecule has 1 unspecified atom stereocenters. The van der Waals surface area contributed by atoms with Crippen LogP contribution in [-0.2, 0) is 4.79 Å². The Morgan fingerprint density at radius 2 is 2.00 bits per heavy atom. The van der Waals surface area contributed by atoms with Gasteiger partial charge in [0.2, 0.25) is 5.91 Å². The number of likely N-dealkylation sites (N-methyl/N-ethyl adjacent to an activating group) is 1. The Balaban J connectivity index is 2.60. The van der Waals surface area contributed by atoms with Crippen LogP contribution in [-0.4, -0.2) is 35.5 Å². The molecule has 1 atom stereocenters. The molecule has 1 amide bonds. The maximum atomic E-state index is 11.9. The molecule has 0 saturated carbocycles. The molecule has 0 radical (unpaired) electrons. The van der Waals surface area contributed by atoms with E-state index in [2.05, 4.69) is 5.32 Å².